The minimum Gasteiger partial charge on any atom is -0.349 e. The summed E-state index contributed by atoms with van der Waals surface area (Å²) in [6.45, 7) is 2.02. The molecule has 0 unspecified atom stereocenters. The van der Waals surface area contributed by atoms with Crippen molar-refractivity contribution in [2.75, 3.05) is 0 Å². The van der Waals surface area contributed by atoms with E-state index in [1.54, 1.807) is 0 Å². The summed E-state index contributed by atoms with van der Waals surface area (Å²) >= 11 is 0. The molecule has 0 heterocycles. The highest BCUT2D eigenvalue weighted by atomic mass is 16.6. The Morgan fingerprint density at radius 3 is 2.32 bits per heavy atom. The summed E-state index contributed by atoms with van der Waals surface area (Å²) in [5, 5.41) is 13.6. The van der Waals surface area contributed by atoms with Gasteiger partial charge in [-0.1, -0.05) is 37.3 Å². The number of nitro groups is 1. The fourth-order valence-corrected chi connectivity index (χ4v) is 2.20. The van der Waals surface area contributed by atoms with Crippen molar-refractivity contribution in [1.29, 1.82) is 0 Å². The molecule has 0 saturated carbocycles. The second kappa shape index (κ2) is 7.36. The number of nitrogens with zero attached hydrogens (tertiary/aromatic N) is 1. The molecule has 1 atom stereocenters. The molecule has 5 heteroatoms. The van der Waals surface area contributed by atoms with Crippen LogP contribution >= 0.6 is 0 Å². The predicted octanol–water partition coefficient (Wildman–Crippen LogP) is 3.35. The van der Waals surface area contributed by atoms with Gasteiger partial charge in [0, 0.05) is 23.7 Å². The van der Waals surface area contributed by atoms with E-state index < -0.39 is 4.92 Å². The molecule has 0 saturated heterocycles. The van der Waals surface area contributed by atoms with E-state index in [4.69, 9.17) is 0 Å². The maximum absolute atomic E-state index is 12.2. The van der Waals surface area contributed by atoms with Crippen LogP contribution in [0.15, 0.2) is 54.6 Å². The lowest BCUT2D eigenvalue weighted by molar-refractivity contribution is -0.384. The van der Waals surface area contributed by atoms with Crippen molar-refractivity contribution in [3.8, 4) is 0 Å². The van der Waals surface area contributed by atoms with Gasteiger partial charge < -0.3 is 5.32 Å². The monoisotopic (exact) mass is 298 g/mol. The number of hydrogen-bond acceptors (Lipinski definition) is 3. The van der Waals surface area contributed by atoms with Crippen LogP contribution in [-0.4, -0.2) is 16.9 Å². The largest absolute Gasteiger partial charge is 0.349 e. The molecule has 0 spiro atoms. The molecule has 0 aliphatic heterocycles. The first-order valence-electron chi connectivity index (χ1n) is 7.19. The molecule has 1 amide bonds. The zero-order valence-corrected chi connectivity index (χ0v) is 12.4. The van der Waals surface area contributed by atoms with E-state index in [-0.39, 0.29) is 17.6 Å². The normalized spacial score (nSPS) is 11.7. The van der Waals surface area contributed by atoms with Crippen LogP contribution in [0.3, 0.4) is 0 Å². The zero-order valence-electron chi connectivity index (χ0n) is 12.4. The number of amides is 1. The van der Waals surface area contributed by atoms with Crippen molar-refractivity contribution in [3.05, 3.63) is 75.8 Å². The average molecular weight is 298 g/mol. The Labute approximate surface area is 129 Å². The Morgan fingerprint density at radius 2 is 1.77 bits per heavy atom. The van der Waals surface area contributed by atoms with E-state index >= 15 is 0 Å². The molecule has 2 aromatic carbocycles. The highest BCUT2D eigenvalue weighted by Crippen LogP contribution is 2.13. The van der Waals surface area contributed by atoms with Crippen molar-refractivity contribution in [2.24, 2.45) is 0 Å². The van der Waals surface area contributed by atoms with Crippen LogP contribution in [0.2, 0.25) is 0 Å². The summed E-state index contributed by atoms with van der Waals surface area (Å²) in [5.41, 5.74) is 1.57. The average Bonchev–Trinajstić information content (AvgIpc) is 2.55. The third-order valence-electron chi connectivity index (χ3n) is 3.49. The number of carbonyl (C=O) groups is 1. The summed E-state index contributed by atoms with van der Waals surface area (Å²) < 4.78 is 0. The molecular weight excluding hydrogens is 280 g/mol. The van der Waals surface area contributed by atoms with E-state index in [1.807, 2.05) is 37.3 Å². The second-order valence-corrected chi connectivity index (χ2v) is 5.07. The Morgan fingerprint density at radius 1 is 1.14 bits per heavy atom. The van der Waals surface area contributed by atoms with Crippen LogP contribution in [0.1, 0.15) is 29.3 Å². The first-order valence-corrected chi connectivity index (χ1v) is 7.19. The van der Waals surface area contributed by atoms with Gasteiger partial charge in [0.15, 0.2) is 0 Å². The van der Waals surface area contributed by atoms with Crippen molar-refractivity contribution in [3.63, 3.8) is 0 Å². The molecule has 2 aromatic rings. The second-order valence-electron chi connectivity index (χ2n) is 5.07. The van der Waals surface area contributed by atoms with Crippen molar-refractivity contribution < 1.29 is 9.72 Å². The third-order valence-corrected chi connectivity index (χ3v) is 3.49. The standard InChI is InChI=1S/C17H18N2O3/c1-2-15(12-13-6-4-3-5-7-13)18-17(20)14-8-10-16(11-9-14)19(21)22/h3-11,15H,2,12H2,1H3,(H,18,20)/t15-/m0/s1. The van der Waals surface area contributed by atoms with Crippen molar-refractivity contribution in [2.45, 2.75) is 25.8 Å². The van der Waals surface area contributed by atoms with Gasteiger partial charge in [-0.3, -0.25) is 14.9 Å². The number of hydrogen-bond donors (Lipinski definition) is 1. The molecule has 0 bridgehead atoms. The van der Waals surface area contributed by atoms with Gasteiger partial charge in [0.2, 0.25) is 0 Å². The highest BCUT2D eigenvalue weighted by molar-refractivity contribution is 5.94. The van der Waals surface area contributed by atoms with Crippen LogP contribution in [0, 0.1) is 10.1 Å². The molecule has 0 aliphatic carbocycles. The van der Waals surface area contributed by atoms with Crippen LogP contribution in [0.5, 0.6) is 0 Å². The molecule has 0 radical (unpaired) electrons. The molecule has 2 rings (SSSR count). The van der Waals surface area contributed by atoms with Gasteiger partial charge in [0.25, 0.3) is 11.6 Å². The van der Waals surface area contributed by atoms with Gasteiger partial charge in [0.05, 0.1) is 4.92 Å². The molecule has 1 N–H and O–H groups in total. The van der Waals surface area contributed by atoms with Crippen LogP contribution in [-0.2, 0) is 6.42 Å². The van der Waals surface area contributed by atoms with Gasteiger partial charge in [-0.15, -0.1) is 0 Å². The quantitative estimate of drug-likeness (QED) is 0.656. The number of nitro benzene ring substituents is 1. The smallest absolute Gasteiger partial charge is 0.269 e. The van der Waals surface area contributed by atoms with E-state index in [1.165, 1.54) is 29.8 Å². The van der Waals surface area contributed by atoms with Crippen LogP contribution < -0.4 is 5.32 Å². The molecule has 0 aromatic heterocycles. The van der Waals surface area contributed by atoms with Gasteiger partial charge in [0.1, 0.15) is 0 Å². The van der Waals surface area contributed by atoms with Gasteiger partial charge in [-0.25, -0.2) is 0 Å². The van der Waals surface area contributed by atoms with Gasteiger partial charge in [-0.2, -0.15) is 0 Å². The minimum atomic E-state index is -0.480. The number of carbonyl (C=O) groups excluding carboxylic acids is 1. The number of nitrogens with one attached hydrogen (secondary N) is 1. The van der Waals surface area contributed by atoms with Crippen molar-refractivity contribution in [1.82, 2.24) is 5.32 Å². The van der Waals surface area contributed by atoms with E-state index in [9.17, 15) is 14.9 Å². The lowest BCUT2D eigenvalue weighted by Gasteiger charge is -2.17. The summed E-state index contributed by atoms with van der Waals surface area (Å²) in [4.78, 5) is 22.3. The van der Waals surface area contributed by atoms with Gasteiger partial charge >= 0.3 is 0 Å². The lowest BCUT2D eigenvalue weighted by Crippen LogP contribution is -2.35. The number of non-ortho nitro benzene ring substituents is 1. The Bertz CT molecular complexity index is 639. The van der Waals surface area contributed by atoms with E-state index in [0.717, 1.165) is 12.8 Å². The zero-order chi connectivity index (χ0) is 15.9. The van der Waals surface area contributed by atoms with Gasteiger partial charge in [-0.05, 0) is 30.5 Å². The van der Waals surface area contributed by atoms with Crippen molar-refractivity contribution >= 4 is 11.6 Å². The van der Waals surface area contributed by atoms with Crippen LogP contribution in [0.4, 0.5) is 5.69 Å². The third kappa shape index (κ3) is 4.15. The first-order chi connectivity index (χ1) is 10.6. The lowest BCUT2D eigenvalue weighted by atomic mass is 10.0. The summed E-state index contributed by atoms with van der Waals surface area (Å²) in [7, 11) is 0. The molecule has 22 heavy (non-hydrogen) atoms. The molecular formula is C17H18N2O3. The molecule has 0 fully saturated rings. The molecule has 114 valence electrons. The van der Waals surface area contributed by atoms with E-state index in [2.05, 4.69) is 5.32 Å². The molecule has 0 aliphatic rings. The Kier molecular flexibility index (Phi) is 5.25. The highest BCUT2D eigenvalue weighted by Gasteiger charge is 2.14. The Hall–Kier alpha value is -2.69. The fraction of sp³-hybridized carbons (Fsp3) is 0.235. The first kappa shape index (κ1) is 15.7. The number of rotatable bonds is 6. The summed E-state index contributed by atoms with van der Waals surface area (Å²) in [6, 6.07) is 15.6. The maximum atomic E-state index is 12.2. The minimum absolute atomic E-state index is 0.0205. The number of benzene rings is 2. The van der Waals surface area contributed by atoms with Crippen LogP contribution in [0.25, 0.3) is 0 Å². The molecule has 5 nitrogen and oxygen atoms in total. The predicted molar refractivity (Wildman–Crippen MR) is 84.8 cm³/mol. The fourth-order valence-electron chi connectivity index (χ4n) is 2.20. The SMILES string of the molecule is CC[C@@H](Cc1ccccc1)NC(=O)c1ccc([N+](=O)[O-])cc1. The summed E-state index contributed by atoms with van der Waals surface area (Å²) in [5.74, 6) is -0.210. The topological polar surface area (TPSA) is 72.2 Å². The Balaban J connectivity index is 2.01. The summed E-state index contributed by atoms with van der Waals surface area (Å²) in [6.07, 6.45) is 1.57. The maximum Gasteiger partial charge on any atom is 0.269 e. The van der Waals surface area contributed by atoms with E-state index in [0.29, 0.717) is 5.56 Å².